The molecule has 5 heteroatoms. The van der Waals surface area contributed by atoms with E-state index in [1.165, 1.54) is 11.1 Å². The van der Waals surface area contributed by atoms with Crippen LogP contribution in [-0.2, 0) is 20.9 Å². The van der Waals surface area contributed by atoms with Crippen LogP contribution >= 0.6 is 11.6 Å². The van der Waals surface area contributed by atoms with E-state index < -0.39 is 0 Å². The summed E-state index contributed by atoms with van der Waals surface area (Å²) < 4.78 is 11.2. The Morgan fingerprint density at radius 1 is 1.10 bits per heavy atom. The average Bonchev–Trinajstić information content (AvgIpc) is 2.74. The second-order valence-corrected chi connectivity index (χ2v) is 7.86. The van der Waals surface area contributed by atoms with E-state index in [2.05, 4.69) is 41.3 Å². The van der Waals surface area contributed by atoms with Crippen molar-refractivity contribution in [2.45, 2.75) is 45.3 Å². The Morgan fingerprint density at radius 2 is 1.83 bits per heavy atom. The summed E-state index contributed by atoms with van der Waals surface area (Å²) in [5, 5.41) is 0.747. The van der Waals surface area contributed by atoms with Crippen molar-refractivity contribution < 1.29 is 14.3 Å². The maximum atomic E-state index is 11.4. The van der Waals surface area contributed by atoms with E-state index in [0.717, 1.165) is 49.5 Å². The highest BCUT2D eigenvalue weighted by atomic mass is 35.5. The second-order valence-electron chi connectivity index (χ2n) is 7.42. The molecule has 0 unspecified atom stereocenters. The summed E-state index contributed by atoms with van der Waals surface area (Å²) in [6, 6.07) is 16.3. The standard InChI is InChI=1S/C24H30ClNO3/c1-2-28-24(27)8-5-15-26-16-13-22(14-17-26)29-18-20-6-3-4-7-23(20)19-9-11-21(25)12-10-19/h3-4,6-7,9-12,22H,2,5,8,13-18H2,1H3. The van der Waals surface area contributed by atoms with Crippen molar-refractivity contribution in [1.82, 2.24) is 4.90 Å². The number of nitrogens with zero attached hydrogens (tertiary/aromatic N) is 1. The third-order valence-electron chi connectivity index (χ3n) is 5.34. The van der Waals surface area contributed by atoms with Crippen molar-refractivity contribution in [1.29, 1.82) is 0 Å². The van der Waals surface area contributed by atoms with E-state index in [0.29, 0.717) is 19.6 Å². The van der Waals surface area contributed by atoms with Gasteiger partial charge in [0.05, 0.1) is 19.3 Å². The number of hydrogen-bond donors (Lipinski definition) is 0. The molecule has 1 aliphatic heterocycles. The van der Waals surface area contributed by atoms with Gasteiger partial charge in [-0.3, -0.25) is 4.79 Å². The number of hydrogen-bond acceptors (Lipinski definition) is 4. The predicted molar refractivity (Wildman–Crippen MR) is 117 cm³/mol. The molecule has 2 aromatic carbocycles. The van der Waals surface area contributed by atoms with Gasteiger partial charge in [0.2, 0.25) is 0 Å². The van der Waals surface area contributed by atoms with Crippen LogP contribution in [0.25, 0.3) is 11.1 Å². The maximum absolute atomic E-state index is 11.4. The molecule has 3 rings (SSSR count). The molecule has 0 N–H and O–H groups in total. The fourth-order valence-electron chi connectivity index (χ4n) is 3.74. The number of likely N-dealkylation sites (tertiary alicyclic amines) is 1. The van der Waals surface area contributed by atoms with Crippen LogP contribution in [0.4, 0.5) is 0 Å². The number of esters is 1. The molecule has 0 bridgehead atoms. The summed E-state index contributed by atoms with van der Waals surface area (Å²) in [4.78, 5) is 13.9. The second kappa shape index (κ2) is 11.3. The molecule has 0 aliphatic carbocycles. The molecular weight excluding hydrogens is 386 g/mol. The molecule has 156 valence electrons. The van der Waals surface area contributed by atoms with E-state index in [1.807, 2.05) is 19.1 Å². The number of benzene rings is 2. The highest BCUT2D eigenvalue weighted by molar-refractivity contribution is 6.30. The number of piperidine rings is 1. The fourth-order valence-corrected chi connectivity index (χ4v) is 3.87. The van der Waals surface area contributed by atoms with E-state index in [4.69, 9.17) is 21.1 Å². The molecule has 2 aromatic rings. The van der Waals surface area contributed by atoms with Gasteiger partial charge in [-0.1, -0.05) is 48.0 Å². The van der Waals surface area contributed by atoms with Crippen LogP contribution in [0.5, 0.6) is 0 Å². The van der Waals surface area contributed by atoms with Gasteiger partial charge in [-0.2, -0.15) is 0 Å². The highest BCUT2D eigenvalue weighted by Crippen LogP contribution is 2.26. The van der Waals surface area contributed by atoms with Gasteiger partial charge < -0.3 is 14.4 Å². The fraction of sp³-hybridized carbons (Fsp3) is 0.458. The Hall–Kier alpha value is -1.88. The van der Waals surface area contributed by atoms with Gasteiger partial charge in [-0.15, -0.1) is 0 Å². The lowest BCUT2D eigenvalue weighted by atomic mass is 10.00. The van der Waals surface area contributed by atoms with Gasteiger partial charge in [-0.25, -0.2) is 0 Å². The Labute approximate surface area is 178 Å². The SMILES string of the molecule is CCOC(=O)CCCN1CCC(OCc2ccccc2-c2ccc(Cl)cc2)CC1. The minimum atomic E-state index is -0.0925. The van der Waals surface area contributed by atoms with E-state index in [-0.39, 0.29) is 12.1 Å². The third-order valence-corrected chi connectivity index (χ3v) is 5.59. The number of carbonyl (C=O) groups excluding carboxylic acids is 1. The zero-order valence-electron chi connectivity index (χ0n) is 17.1. The molecule has 4 nitrogen and oxygen atoms in total. The lowest BCUT2D eigenvalue weighted by molar-refractivity contribution is -0.143. The van der Waals surface area contributed by atoms with E-state index >= 15 is 0 Å². The summed E-state index contributed by atoms with van der Waals surface area (Å²) in [7, 11) is 0. The minimum Gasteiger partial charge on any atom is -0.466 e. The van der Waals surface area contributed by atoms with Crippen molar-refractivity contribution in [3.05, 3.63) is 59.1 Å². The molecule has 0 atom stereocenters. The summed E-state index contributed by atoms with van der Waals surface area (Å²) in [5.74, 6) is -0.0925. The molecule has 1 heterocycles. The molecule has 1 aliphatic rings. The molecular formula is C24H30ClNO3. The van der Waals surface area contributed by atoms with Gasteiger partial charge in [0, 0.05) is 24.5 Å². The number of carbonyl (C=O) groups is 1. The largest absolute Gasteiger partial charge is 0.466 e. The van der Waals surface area contributed by atoms with Gasteiger partial charge in [0.25, 0.3) is 0 Å². The van der Waals surface area contributed by atoms with Crippen LogP contribution in [0.1, 0.15) is 38.2 Å². The highest BCUT2D eigenvalue weighted by Gasteiger charge is 2.20. The Morgan fingerprint density at radius 3 is 2.55 bits per heavy atom. The zero-order chi connectivity index (χ0) is 20.5. The van der Waals surface area contributed by atoms with Crippen LogP contribution in [0, 0.1) is 0 Å². The summed E-state index contributed by atoms with van der Waals surface area (Å²) in [5.41, 5.74) is 3.55. The van der Waals surface area contributed by atoms with Crippen molar-refractivity contribution in [3.8, 4) is 11.1 Å². The van der Waals surface area contributed by atoms with Crippen molar-refractivity contribution >= 4 is 17.6 Å². The van der Waals surface area contributed by atoms with Crippen LogP contribution in [0.2, 0.25) is 5.02 Å². The zero-order valence-corrected chi connectivity index (χ0v) is 17.9. The normalized spacial score (nSPS) is 15.4. The monoisotopic (exact) mass is 415 g/mol. The van der Waals surface area contributed by atoms with Gasteiger partial charge >= 0.3 is 5.97 Å². The van der Waals surface area contributed by atoms with Gasteiger partial charge in [-0.05, 0) is 61.6 Å². The first-order chi connectivity index (χ1) is 14.2. The minimum absolute atomic E-state index is 0.0925. The molecule has 0 aromatic heterocycles. The molecule has 1 fully saturated rings. The molecule has 1 saturated heterocycles. The quantitative estimate of drug-likeness (QED) is 0.519. The Bertz CT molecular complexity index is 770. The van der Waals surface area contributed by atoms with Gasteiger partial charge in [0.15, 0.2) is 0 Å². The number of halogens is 1. The van der Waals surface area contributed by atoms with Crippen molar-refractivity contribution in [2.75, 3.05) is 26.2 Å². The Balaban J connectivity index is 1.44. The first kappa shape index (κ1) is 21.8. The first-order valence-corrected chi connectivity index (χ1v) is 10.9. The maximum Gasteiger partial charge on any atom is 0.305 e. The lowest BCUT2D eigenvalue weighted by Gasteiger charge is -2.32. The smallest absolute Gasteiger partial charge is 0.305 e. The molecule has 0 amide bonds. The molecule has 29 heavy (non-hydrogen) atoms. The van der Waals surface area contributed by atoms with E-state index in [1.54, 1.807) is 0 Å². The molecule has 0 radical (unpaired) electrons. The first-order valence-electron chi connectivity index (χ1n) is 10.5. The van der Waals surface area contributed by atoms with Crippen LogP contribution < -0.4 is 0 Å². The van der Waals surface area contributed by atoms with Crippen LogP contribution in [0.3, 0.4) is 0 Å². The molecule has 0 saturated carbocycles. The number of ether oxygens (including phenoxy) is 2. The van der Waals surface area contributed by atoms with Crippen molar-refractivity contribution in [2.24, 2.45) is 0 Å². The average molecular weight is 416 g/mol. The van der Waals surface area contributed by atoms with Crippen LogP contribution in [-0.4, -0.2) is 43.2 Å². The summed E-state index contributed by atoms with van der Waals surface area (Å²) in [6.07, 6.45) is 3.71. The van der Waals surface area contributed by atoms with Crippen molar-refractivity contribution in [3.63, 3.8) is 0 Å². The summed E-state index contributed by atoms with van der Waals surface area (Å²) in [6.45, 7) is 5.91. The summed E-state index contributed by atoms with van der Waals surface area (Å²) >= 11 is 6.02. The van der Waals surface area contributed by atoms with E-state index in [9.17, 15) is 4.79 Å². The van der Waals surface area contributed by atoms with Gasteiger partial charge in [0.1, 0.15) is 0 Å². The molecule has 0 spiro atoms. The lowest BCUT2D eigenvalue weighted by Crippen LogP contribution is -2.37. The number of rotatable bonds is 9. The predicted octanol–water partition coefficient (Wildman–Crippen LogP) is 5.33. The Kier molecular flexibility index (Phi) is 8.53. The third kappa shape index (κ3) is 6.84. The van der Waals surface area contributed by atoms with Crippen LogP contribution in [0.15, 0.2) is 48.5 Å². The topological polar surface area (TPSA) is 38.8 Å².